The minimum absolute atomic E-state index is 0.167. The molecule has 1 atom stereocenters. The maximum absolute atomic E-state index is 13.2. The minimum atomic E-state index is -1.25. The van der Waals surface area contributed by atoms with Gasteiger partial charge in [0.1, 0.15) is 5.75 Å². The maximum Gasteiger partial charge on any atom is 0.266 e. The van der Waals surface area contributed by atoms with E-state index >= 15 is 0 Å². The van der Waals surface area contributed by atoms with Crippen molar-refractivity contribution in [3.63, 3.8) is 0 Å². The third-order valence-corrected chi connectivity index (χ3v) is 4.82. The first-order valence-electron chi connectivity index (χ1n) is 8.34. The molecule has 1 aromatic heterocycles. The van der Waals surface area contributed by atoms with Gasteiger partial charge in [-0.1, -0.05) is 6.07 Å². The van der Waals surface area contributed by atoms with Crippen LogP contribution in [0.1, 0.15) is 29.5 Å². The zero-order valence-corrected chi connectivity index (χ0v) is 14.3. The molecule has 1 spiro atoms. The van der Waals surface area contributed by atoms with E-state index in [0.29, 0.717) is 29.0 Å². The highest BCUT2D eigenvalue weighted by atomic mass is 16.5. The van der Waals surface area contributed by atoms with E-state index in [4.69, 9.17) is 15.7 Å². The number of hydrogen-bond acceptors (Lipinski definition) is 6. The fourth-order valence-corrected chi connectivity index (χ4v) is 3.49. The van der Waals surface area contributed by atoms with Gasteiger partial charge < -0.3 is 10.5 Å². The number of likely N-dealkylation sites (N-methyl/N-ethyl adjacent to an activating group) is 1. The molecule has 7 heteroatoms. The largest absolute Gasteiger partial charge is 0.455 e. The first-order chi connectivity index (χ1) is 12.6. The standard InChI is InChI=1S/C19H17N5O2/c1-24-17(25)19(23-18(24)21)13-7-9-22-11-16(13)26-15-6-5-12(10-14(15)19)4-2-3-8-20/h5-7,9-11H,2-4H2,1H3,(H2,21,23). The van der Waals surface area contributed by atoms with Crippen molar-refractivity contribution < 1.29 is 9.53 Å². The van der Waals surface area contributed by atoms with Gasteiger partial charge in [0.25, 0.3) is 5.91 Å². The molecule has 2 aliphatic rings. The van der Waals surface area contributed by atoms with E-state index in [0.717, 1.165) is 18.4 Å². The normalized spacial score (nSPS) is 20.2. The fourth-order valence-electron chi connectivity index (χ4n) is 3.49. The fraction of sp³-hybridized carbons (Fsp3) is 0.263. The molecule has 2 aliphatic heterocycles. The molecule has 2 aromatic rings. The van der Waals surface area contributed by atoms with Crippen LogP contribution in [0, 0.1) is 11.3 Å². The molecule has 7 nitrogen and oxygen atoms in total. The SMILES string of the molecule is CN1C(=O)C2(N=C1N)c1ccncc1Oc1ccc(CCCC#N)cc12. The van der Waals surface area contributed by atoms with E-state index in [9.17, 15) is 4.79 Å². The Bertz CT molecular complexity index is 978. The van der Waals surface area contributed by atoms with Crippen LogP contribution in [0.15, 0.2) is 41.7 Å². The summed E-state index contributed by atoms with van der Waals surface area (Å²) in [6.45, 7) is 0. The average molecular weight is 347 g/mol. The summed E-state index contributed by atoms with van der Waals surface area (Å²) >= 11 is 0. The maximum atomic E-state index is 13.2. The number of fused-ring (bicyclic) bond motifs is 4. The number of hydrogen-bond donors (Lipinski definition) is 1. The van der Waals surface area contributed by atoms with E-state index in [2.05, 4.69) is 16.0 Å². The predicted octanol–water partition coefficient (Wildman–Crippen LogP) is 2.06. The highest BCUT2D eigenvalue weighted by molar-refractivity contribution is 6.09. The van der Waals surface area contributed by atoms with E-state index in [-0.39, 0.29) is 11.9 Å². The molecule has 0 fully saturated rings. The summed E-state index contributed by atoms with van der Waals surface area (Å²) in [5.74, 6) is 1.01. The molecule has 4 rings (SSSR count). The third kappa shape index (κ3) is 2.15. The van der Waals surface area contributed by atoms with Crippen molar-refractivity contribution in [2.45, 2.75) is 24.8 Å². The Morgan fingerprint density at radius 3 is 2.88 bits per heavy atom. The lowest BCUT2D eigenvalue weighted by Gasteiger charge is -2.33. The highest BCUT2D eigenvalue weighted by Crippen LogP contribution is 2.51. The van der Waals surface area contributed by atoms with E-state index in [1.54, 1.807) is 25.5 Å². The Kier molecular flexibility index (Phi) is 3.62. The van der Waals surface area contributed by atoms with E-state index in [1.165, 1.54) is 4.90 Å². The lowest BCUT2D eigenvalue weighted by molar-refractivity contribution is -0.129. The molecule has 0 aliphatic carbocycles. The number of aryl methyl sites for hydroxylation is 1. The number of amides is 1. The molecule has 26 heavy (non-hydrogen) atoms. The smallest absolute Gasteiger partial charge is 0.266 e. The van der Waals surface area contributed by atoms with Crippen molar-refractivity contribution in [3.05, 3.63) is 53.3 Å². The van der Waals surface area contributed by atoms with Gasteiger partial charge in [0.15, 0.2) is 11.7 Å². The number of rotatable bonds is 3. The summed E-state index contributed by atoms with van der Waals surface area (Å²) < 4.78 is 5.97. The number of pyridine rings is 1. The van der Waals surface area contributed by atoms with Gasteiger partial charge >= 0.3 is 0 Å². The third-order valence-electron chi connectivity index (χ3n) is 4.82. The predicted molar refractivity (Wildman–Crippen MR) is 94.5 cm³/mol. The van der Waals surface area contributed by atoms with Gasteiger partial charge in [0.05, 0.1) is 12.3 Å². The molecule has 0 saturated heterocycles. The highest BCUT2D eigenvalue weighted by Gasteiger charge is 2.54. The Hall–Kier alpha value is -3.40. The Labute approximate surface area is 150 Å². The minimum Gasteiger partial charge on any atom is -0.455 e. The number of nitrogens with two attached hydrogens (primary N) is 1. The number of aromatic nitrogens is 1. The molecular weight excluding hydrogens is 330 g/mol. The first kappa shape index (κ1) is 16.1. The number of carbonyl (C=O) groups is 1. The number of nitriles is 1. The molecule has 1 amide bonds. The summed E-state index contributed by atoms with van der Waals surface area (Å²) in [5, 5.41) is 8.75. The Balaban J connectivity index is 1.90. The lowest BCUT2D eigenvalue weighted by Crippen LogP contribution is -2.42. The Morgan fingerprint density at radius 2 is 2.15 bits per heavy atom. The summed E-state index contributed by atoms with van der Waals surface area (Å²) in [4.78, 5) is 23.2. The van der Waals surface area contributed by atoms with Gasteiger partial charge in [-0.25, -0.2) is 4.99 Å². The van der Waals surface area contributed by atoms with E-state index < -0.39 is 5.54 Å². The van der Waals surface area contributed by atoms with Gasteiger partial charge in [-0.3, -0.25) is 14.7 Å². The molecule has 3 heterocycles. The molecule has 130 valence electrons. The van der Waals surface area contributed by atoms with Crippen molar-refractivity contribution in [1.82, 2.24) is 9.88 Å². The number of benzene rings is 1. The topological polar surface area (TPSA) is 105 Å². The number of guanidine groups is 1. The molecule has 0 saturated carbocycles. The second-order valence-corrected chi connectivity index (χ2v) is 6.36. The zero-order chi connectivity index (χ0) is 18.3. The van der Waals surface area contributed by atoms with Gasteiger partial charge in [-0.15, -0.1) is 0 Å². The zero-order valence-electron chi connectivity index (χ0n) is 14.3. The monoisotopic (exact) mass is 347 g/mol. The second-order valence-electron chi connectivity index (χ2n) is 6.36. The lowest BCUT2D eigenvalue weighted by atomic mass is 9.80. The van der Waals surface area contributed by atoms with Gasteiger partial charge in [0, 0.05) is 30.8 Å². The number of nitrogens with zero attached hydrogens (tertiary/aromatic N) is 4. The molecule has 1 aromatic carbocycles. The van der Waals surface area contributed by atoms with Gasteiger partial charge in [-0.05, 0) is 36.6 Å². The number of ether oxygens (including phenoxy) is 1. The van der Waals surface area contributed by atoms with Crippen LogP contribution in [0.3, 0.4) is 0 Å². The number of unbranched alkanes of at least 4 members (excludes halogenated alkanes) is 1. The van der Waals surface area contributed by atoms with Crippen molar-refractivity contribution in [1.29, 1.82) is 5.26 Å². The van der Waals surface area contributed by atoms with Crippen LogP contribution >= 0.6 is 0 Å². The summed E-state index contributed by atoms with van der Waals surface area (Å²) in [6, 6.07) is 9.61. The van der Waals surface area contributed by atoms with Crippen LogP contribution in [0.4, 0.5) is 0 Å². The van der Waals surface area contributed by atoms with Crippen molar-refractivity contribution in [2.75, 3.05) is 7.05 Å². The summed E-state index contributed by atoms with van der Waals surface area (Å²) in [6.07, 6.45) is 5.17. The van der Waals surface area contributed by atoms with Crippen molar-refractivity contribution >= 4 is 11.9 Å². The van der Waals surface area contributed by atoms with Crippen LogP contribution in [-0.4, -0.2) is 28.8 Å². The van der Waals surface area contributed by atoms with Crippen LogP contribution < -0.4 is 10.5 Å². The van der Waals surface area contributed by atoms with Crippen molar-refractivity contribution in [3.8, 4) is 17.6 Å². The quantitative estimate of drug-likeness (QED) is 0.856. The summed E-state index contributed by atoms with van der Waals surface area (Å²) in [7, 11) is 1.61. The second kappa shape index (κ2) is 5.85. The van der Waals surface area contributed by atoms with Gasteiger partial charge in [0.2, 0.25) is 5.54 Å². The summed E-state index contributed by atoms with van der Waals surface area (Å²) in [5.41, 5.74) is 7.06. The van der Waals surface area contributed by atoms with Crippen molar-refractivity contribution in [2.24, 2.45) is 10.7 Å². The molecule has 2 N–H and O–H groups in total. The van der Waals surface area contributed by atoms with Crippen LogP contribution in [0.2, 0.25) is 0 Å². The molecule has 0 radical (unpaired) electrons. The molecule has 1 unspecified atom stereocenters. The van der Waals surface area contributed by atoms with Crippen LogP contribution in [0.25, 0.3) is 0 Å². The van der Waals surface area contributed by atoms with E-state index in [1.807, 2.05) is 18.2 Å². The molecular formula is C19H17N5O2. The van der Waals surface area contributed by atoms with Crippen LogP contribution in [0.5, 0.6) is 11.5 Å². The van der Waals surface area contributed by atoms with Gasteiger partial charge in [-0.2, -0.15) is 5.26 Å². The Morgan fingerprint density at radius 1 is 1.31 bits per heavy atom. The van der Waals surface area contributed by atoms with Crippen LogP contribution in [-0.2, 0) is 16.8 Å². The first-order valence-corrected chi connectivity index (χ1v) is 8.34. The average Bonchev–Trinajstić information content (AvgIpc) is 2.88. The number of aliphatic imine (C=N–C) groups is 1. The molecule has 0 bridgehead atoms. The number of carbonyl (C=O) groups excluding carboxylic acids is 1.